The highest BCUT2D eigenvalue weighted by molar-refractivity contribution is 5.81. The summed E-state index contributed by atoms with van der Waals surface area (Å²) < 4.78 is 18.2. The van der Waals surface area contributed by atoms with Gasteiger partial charge in [0.05, 0.1) is 13.7 Å². The molecule has 0 saturated carbocycles. The highest BCUT2D eigenvalue weighted by Gasteiger charge is 2.17. The van der Waals surface area contributed by atoms with Gasteiger partial charge in [-0.15, -0.1) is 0 Å². The minimum absolute atomic E-state index is 0.153. The molecule has 6 heteroatoms. The van der Waals surface area contributed by atoms with Crippen molar-refractivity contribution in [2.45, 2.75) is 12.6 Å². The Labute approximate surface area is 105 Å². The minimum Gasteiger partial charge on any atom is -0.494 e. The fraction of sp³-hybridized carbons (Fsp3) is 0.417. The molecule has 1 aromatic rings. The van der Waals surface area contributed by atoms with Crippen molar-refractivity contribution in [3.05, 3.63) is 29.6 Å². The number of hydrogen-bond acceptors (Lipinski definition) is 4. The van der Waals surface area contributed by atoms with Crippen molar-refractivity contribution >= 4 is 5.91 Å². The SMILES string of the molecule is COc1ccc(CN(C)C(=O)C(N)CO)cc1F. The molecule has 5 nitrogen and oxygen atoms in total. The lowest BCUT2D eigenvalue weighted by Crippen LogP contribution is -2.43. The van der Waals surface area contributed by atoms with Crippen molar-refractivity contribution in [2.75, 3.05) is 20.8 Å². The third-order valence-corrected chi connectivity index (χ3v) is 2.53. The quantitative estimate of drug-likeness (QED) is 0.784. The van der Waals surface area contributed by atoms with E-state index in [9.17, 15) is 9.18 Å². The molecule has 1 unspecified atom stereocenters. The average molecular weight is 256 g/mol. The van der Waals surface area contributed by atoms with Crippen LogP contribution in [0.4, 0.5) is 4.39 Å². The first kappa shape index (κ1) is 14.4. The Bertz CT molecular complexity index is 426. The van der Waals surface area contributed by atoms with Crippen molar-refractivity contribution in [2.24, 2.45) is 5.73 Å². The molecule has 1 atom stereocenters. The lowest BCUT2D eigenvalue weighted by Gasteiger charge is -2.20. The molecule has 0 saturated heterocycles. The molecule has 0 fully saturated rings. The van der Waals surface area contributed by atoms with Gasteiger partial charge < -0.3 is 20.5 Å². The van der Waals surface area contributed by atoms with Gasteiger partial charge >= 0.3 is 0 Å². The zero-order chi connectivity index (χ0) is 13.7. The van der Waals surface area contributed by atoms with Gasteiger partial charge in [0.25, 0.3) is 0 Å². The normalized spacial score (nSPS) is 12.1. The van der Waals surface area contributed by atoms with Crippen LogP contribution in [0.2, 0.25) is 0 Å². The molecule has 18 heavy (non-hydrogen) atoms. The number of carbonyl (C=O) groups is 1. The van der Waals surface area contributed by atoms with Crippen molar-refractivity contribution in [3.63, 3.8) is 0 Å². The summed E-state index contributed by atoms with van der Waals surface area (Å²) in [6.07, 6.45) is 0. The summed E-state index contributed by atoms with van der Waals surface area (Å²) in [4.78, 5) is 12.9. The van der Waals surface area contributed by atoms with Gasteiger partial charge in [0.15, 0.2) is 11.6 Å². The Kier molecular flexibility index (Phi) is 5.06. The van der Waals surface area contributed by atoms with Crippen molar-refractivity contribution in [1.82, 2.24) is 4.90 Å². The van der Waals surface area contributed by atoms with Gasteiger partial charge in [-0.05, 0) is 17.7 Å². The number of halogens is 1. The van der Waals surface area contributed by atoms with E-state index < -0.39 is 24.4 Å². The molecule has 0 aromatic heterocycles. The highest BCUT2D eigenvalue weighted by atomic mass is 19.1. The lowest BCUT2D eigenvalue weighted by atomic mass is 10.2. The maximum Gasteiger partial charge on any atom is 0.241 e. The summed E-state index contributed by atoms with van der Waals surface area (Å²) in [5.74, 6) is -0.726. The zero-order valence-electron chi connectivity index (χ0n) is 10.4. The van der Waals surface area contributed by atoms with Gasteiger partial charge in [-0.3, -0.25) is 4.79 Å². The van der Waals surface area contributed by atoms with Gasteiger partial charge in [0.1, 0.15) is 6.04 Å². The van der Waals surface area contributed by atoms with Crippen LogP contribution in [0.3, 0.4) is 0 Å². The predicted molar refractivity (Wildman–Crippen MR) is 64.5 cm³/mol. The average Bonchev–Trinajstić information content (AvgIpc) is 2.37. The third-order valence-electron chi connectivity index (χ3n) is 2.53. The Hall–Kier alpha value is -1.66. The van der Waals surface area contributed by atoms with Crippen LogP contribution in [0.1, 0.15) is 5.56 Å². The van der Waals surface area contributed by atoms with Crippen LogP contribution >= 0.6 is 0 Å². The molecule has 0 aliphatic heterocycles. The number of nitrogens with zero attached hydrogens (tertiary/aromatic N) is 1. The van der Waals surface area contributed by atoms with Gasteiger partial charge in [-0.2, -0.15) is 0 Å². The van der Waals surface area contributed by atoms with Crippen LogP contribution in [0, 0.1) is 5.82 Å². The van der Waals surface area contributed by atoms with E-state index in [4.69, 9.17) is 15.6 Å². The van der Waals surface area contributed by atoms with Crippen LogP contribution in [0.5, 0.6) is 5.75 Å². The number of rotatable bonds is 5. The number of ether oxygens (including phenoxy) is 1. The fourth-order valence-corrected chi connectivity index (χ4v) is 1.52. The van der Waals surface area contributed by atoms with Crippen molar-refractivity contribution < 1.29 is 19.0 Å². The summed E-state index contributed by atoms with van der Waals surface area (Å²) in [5, 5.41) is 8.78. The molecule has 0 bridgehead atoms. The number of aliphatic hydroxyl groups excluding tert-OH is 1. The molecule has 0 radical (unpaired) electrons. The van der Waals surface area contributed by atoms with Crippen molar-refractivity contribution in [3.8, 4) is 5.75 Å². The van der Waals surface area contributed by atoms with E-state index in [1.165, 1.54) is 24.1 Å². The van der Waals surface area contributed by atoms with Gasteiger partial charge in [-0.25, -0.2) is 4.39 Å². The fourth-order valence-electron chi connectivity index (χ4n) is 1.52. The molecule has 1 amide bonds. The van der Waals surface area contributed by atoms with Crippen LogP contribution in [-0.4, -0.2) is 42.7 Å². The van der Waals surface area contributed by atoms with Gasteiger partial charge in [-0.1, -0.05) is 6.07 Å². The molecule has 0 heterocycles. The Morgan fingerprint density at radius 3 is 2.78 bits per heavy atom. The number of benzene rings is 1. The molecule has 0 aliphatic carbocycles. The van der Waals surface area contributed by atoms with Crippen LogP contribution in [0.25, 0.3) is 0 Å². The number of nitrogens with two attached hydrogens (primary N) is 1. The molecule has 1 rings (SSSR count). The summed E-state index contributed by atoms with van der Waals surface area (Å²) in [6, 6.07) is 3.51. The number of methoxy groups -OCH3 is 1. The highest BCUT2D eigenvalue weighted by Crippen LogP contribution is 2.18. The van der Waals surface area contributed by atoms with Crippen LogP contribution in [-0.2, 0) is 11.3 Å². The number of amides is 1. The summed E-state index contributed by atoms with van der Waals surface area (Å²) in [5.41, 5.74) is 6.03. The number of hydrogen-bond donors (Lipinski definition) is 2. The van der Waals surface area contributed by atoms with Crippen molar-refractivity contribution in [1.29, 1.82) is 0 Å². The Balaban J connectivity index is 2.73. The molecular formula is C12H17FN2O3. The van der Waals surface area contributed by atoms with Gasteiger partial charge in [0, 0.05) is 13.6 Å². The lowest BCUT2D eigenvalue weighted by molar-refractivity contribution is -0.132. The first-order valence-electron chi connectivity index (χ1n) is 5.43. The van der Waals surface area contributed by atoms with E-state index in [2.05, 4.69) is 0 Å². The van der Waals surface area contributed by atoms with E-state index in [1.54, 1.807) is 13.1 Å². The topological polar surface area (TPSA) is 75.8 Å². The van der Waals surface area contributed by atoms with E-state index >= 15 is 0 Å². The third kappa shape index (κ3) is 3.41. The minimum atomic E-state index is -0.946. The first-order chi connectivity index (χ1) is 8.49. The second kappa shape index (κ2) is 6.32. The molecular weight excluding hydrogens is 239 g/mol. The number of likely N-dealkylation sites (N-methyl/N-ethyl adjacent to an activating group) is 1. The van der Waals surface area contributed by atoms with Gasteiger partial charge in [0.2, 0.25) is 5.91 Å². The second-order valence-corrected chi connectivity index (χ2v) is 3.95. The molecule has 1 aromatic carbocycles. The Morgan fingerprint density at radius 1 is 1.61 bits per heavy atom. The maximum absolute atomic E-state index is 13.4. The number of aliphatic hydroxyl groups is 1. The predicted octanol–water partition coefficient (Wildman–Crippen LogP) is 0.112. The largest absolute Gasteiger partial charge is 0.494 e. The van der Waals surface area contributed by atoms with Crippen LogP contribution in [0.15, 0.2) is 18.2 Å². The van der Waals surface area contributed by atoms with E-state index in [0.717, 1.165) is 0 Å². The summed E-state index contributed by atoms with van der Waals surface area (Å²) >= 11 is 0. The zero-order valence-corrected chi connectivity index (χ0v) is 10.4. The standard InChI is InChI=1S/C12H17FN2O3/c1-15(12(17)10(14)7-16)6-8-3-4-11(18-2)9(13)5-8/h3-5,10,16H,6-7,14H2,1-2H3. The summed E-state index contributed by atoms with van der Waals surface area (Å²) in [7, 11) is 2.92. The maximum atomic E-state index is 13.4. The second-order valence-electron chi connectivity index (χ2n) is 3.95. The first-order valence-corrected chi connectivity index (χ1v) is 5.43. The molecule has 0 spiro atoms. The molecule has 3 N–H and O–H groups in total. The molecule has 0 aliphatic rings. The Morgan fingerprint density at radius 2 is 2.28 bits per heavy atom. The van der Waals surface area contributed by atoms with E-state index in [0.29, 0.717) is 5.56 Å². The van der Waals surface area contributed by atoms with E-state index in [-0.39, 0.29) is 12.3 Å². The monoisotopic (exact) mass is 256 g/mol. The van der Waals surface area contributed by atoms with E-state index in [1.807, 2.05) is 0 Å². The smallest absolute Gasteiger partial charge is 0.241 e. The van der Waals surface area contributed by atoms with Crippen LogP contribution < -0.4 is 10.5 Å². The summed E-state index contributed by atoms with van der Waals surface area (Å²) in [6.45, 7) is -0.201. The number of carbonyl (C=O) groups excluding carboxylic acids is 1. The molecule has 100 valence electrons.